The van der Waals surface area contributed by atoms with Crippen molar-refractivity contribution in [1.29, 1.82) is 0 Å². The lowest BCUT2D eigenvalue weighted by Gasteiger charge is -2.30. The fourth-order valence-corrected chi connectivity index (χ4v) is 2.77. The van der Waals surface area contributed by atoms with Gasteiger partial charge in [-0.05, 0) is 17.2 Å². The molecule has 0 fully saturated rings. The minimum atomic E-state index is -4.35. The number of allylic oxidation sites excluding steroid dienone is 2. The van der Waals surface area contributed by atoms with Crippen LogP contribution in [0.4, 0.5) is 0 Å². The summed E-state index contributed by atoms with van der Waals surface area (Å²) in [7, 11) is -4.35. The first-order valence-corrected chi connectivity index (χ1v) is 6.81. The molecule has 1 aliphatic carbocycles. The number of hydrogen-bond acceptors (Lipinski definition) is 4. The summed E-state index contributed by atoms with van der Waals surface area (Å²) in [5.74, 6) is 0. The van der Waals surface area contributed by atoms with Crippen molar-refractivity contribution in [2.24, 2.45) is 11.5 Å². The molecule has 0 saturated heterocycles. The molecule has 0 aromatic heterocycles. The van der Waals surface area contributed by atoms with Crippen LogP contribution >= 0.6 is 0 Å². The molecule has 1 aromatic rings. The van der Waals surface area contributed by atoms with Gasteiger partial charge in [0.1, 0.15) is 10.9 Å². The lowest BCUT2D eigenvalue weighted by molar-refractivity contribution is 0.444. The van der Waals surface area contributed by atoms with E-state index in [-0.39, 0.29) is 0 Å². The second-order valence-corrected chi connectivity index (χ2v) is 5.79. The van der Waals surface area contributed by atoms with Crippen LogP contribution in [0.5, 0.6) is 0 Å². The zero-order valence-corrected chi connectivity index (χ0v) is 10.3. The van der Waals surface area contributed by atoms with Crippen molar-refractivity contribution in [2.75, 3.05) is 0 Å². The summed E-state index contributed by atoms with van der Waals surface area (Å²) in [5.41, 5.74) is 11.2. The maximum atomic E-state index is 11.3. The molecule has 2 rings (SSSR count). The van der Waals surface area contributed by atoms with Crippen LogP contribution in [0.2, 0.25) is 0 Å². The van der Waals surface area contributed by atoms with Crippen molar-refractivity contribution >= 4 is 15.7 Å². The van der Waals surface area contributed by atoms with Crippen LogP contribution in [-0.2, 0) is 10.1 Å². The summed E-state index contributed by atoms with van der Waals surface area (Å²) >= 11 is 0. The monoisotopic (exact) mass is 266 g/mol. The molecule has 0 amide bonds. The third kappa shape index (κ3) is 2.51. The van der Waals surface area contributed by atoms with Crippen LogP contribution < -0.4 is 11.5 Å². The molecular weight excluding hydrogens is 252 g/mol. The average Bonchev–Trinajstić information content (AvgIpc) is 2.28. The zero-order chi connectivity index (χ0) is 13.4. The molecule has 96 valence electrons. The zero-order valence-electron chi connectivity index (χ0n) is 9.52. The Morgan fingerprint density at radius 2 is 1.78 bits per heavy atom. The Bertz CT molecular complexity index is 603. The van der Waals surface area contributed by atoms with Gasteiger partial charge in [0.15, 0.2) is 0 Å². The third-order valence-electron chi connectivity index (χ3n) is 2.80. The van der Waals surface area contributed by atoms with E-state index >= 15 is 0 Å². The molecule has 6 heteroatoms. The number of nitrogens with two attached hydrogens (primary N) is 2. The van der Waals surface area contributed by atoms with E-state index in [1.807, 2.05) is 30.3 Å². The van der Waals surface area contributed by atoms with Gasteiger partial charge in [0, 0.05) is 0 Å². The molecule has 0 aliphatic heterocycles. The quantitative estimate of drug-likeness (QED) is 0.534. The predicted molar refractivity (Wildman–Crippen MR) is 70.0 cm³/mol. The van der Waals surface area contributed by atoms with E-state index in [1.165, 1.54) is 12.2 Å². The molecule has 0 saturated carbocycles. The second kappa shape index (κ2) is 4.33. The Balaban J connectivity index is 2.48. The lowest BCUT2D eigenvalue weighted by Crippen LogP contribution is -2.59. The van der Waals surface area contributed by atoms with Gasteiger partial charge in [0.05, 0.1) is 0 Å². The van der Waals surface area contributed by atoms with Crippen LogP contribution in [0, 0.1) is 0 Å². The molecule has 1 atom stereocenters. The maximum absolute atomic E-state index is 11.3. The molecule has 0 radical (unpaired) electrons. The van der Waals surface area contributed by atoms with Crippen molar-refractivity contribution < 1.29 is 13.0 Å². The van der Waals surface area contributed by atoms with E-state index in [1.54, 1.807) is 6.08 Å². The highest BCUT2D eigenvalue weighted by molar-refractivity contribution is 7.86. The Kier molecular flexibility index (Phi) is 3.12. The predicted octanol–water partition coefficient (Wildman–Crippen LogP) is 0.510. The van der Waals surface area contributed by atoms with Crippen molar-refractivity contribution in [3.05, 3.63) is 54.1 Å². The molecule has 0 spiro atoms. The van der Waals surface area contributed by atoms with E-state index in [0.717, 1.165) is 5.56 Å². The van der Waals surface area contributed by atoms with Gasteiger partial charge in [-0.2, -0.15) is 8.42 Å². The highest BCUT2D eigenvalue weighted by Gasteiger charge is 2.38. The van der Waals surface area contributed by atoms with Gasteiger partial charge in [0.2, 0.25) is 0 Å². The summed E-state index contributed by atoms with van der Waals surface area (Å²) in [5, 5.41) is -1.36. The lowest BCUT2D eigenvalue weighted by atomic mass is 9.94. The highest BCUT2D eigenvalue weighted by atomic mass is 32.2. The van der Waals surface area contributed by atoms with E-state index in [4.69, 9.17) is 11.5 Å². The fourth-order valence-electron chi connectivity index (χ4n) is 1.86. The standard InChI is InChI=1S/C12H14N2O3S/c13-12(14)7-6-10(8-11(12)18(15,16)17)9-4-2-1-3-5-9/h1-8,11H,13-14H2,(H,15,16,17). The van der Waals surface area contributed by atoms with E-state index in [9.17, 15) is 13.0 Å². The number of benzene rings is 1. The molecule has 0 bridgehead atoms. The van der Waals surface area contributed by atoms with E-state index in [2.05, 4.69) is 0 Å². The van der Waals surface area contributed by atoms with Crippen molar-refractivity contribution in [3.8, 4) is 0 Å². The van der Waals surface area contributed by atoms with Gasteiger partial charge in [0.25, 0.3) is 10.1 Å². The molecule has 5 nitrogen and oxygen atoms in total. The smallest absolute Gasteiger partial charge is 0.274 e. The Labute approximate surface area is 106 Å². The first-order chi connectivity index (χ1) is 8.31. The molecular formula is C12H14N2O3S. The van der Waals surface area contributed by atoms with Gasteiger partial charge in [-0.15, -0.1) is 0 Å². The Morgan fingerprint density at radius 1 is 1.17 bits per heavy atom. The second-order valence-electron chi connectivity index (χ2n) is 4.26. The molecule has 0 heterocycles. The maximum Gasteiger partial charge on any atom is 0.274 e. The van der Waals surface area contributed by atoms with Crippen molar-refractivity contribution in [2.45, 2.75) is 10.9 Å². The summed E-state index contributed by atoms with van der Waals surface area (Å²) in [6.07, 6.45) is 4.40. The van der Waals surface area contributed by atoms with Crippen LogP contribution in [0.15, 0.2) is 48.6 Å². The number of rotatable bonds is 2. The minimum Gasteiger partial charge on any atom is -0.309 e. The van der Waals surface area contributed by atoms with Gasteiger partial charge >= 0.3 is 0 Å². The van der Waals surface area contributed by atoms with E-state index in [0.29, 0.717) is 5.57 Å². The Hall–Kier alpha value is -1.47. The summed E-state index contributed by atoms with van der Waals surface area (Å²) in [4.78, 5) is 0. The van der Waals surface area contributed by atoms with Crippen molar-refractivity contribution in [3.63, 3.8) is 0 Å². The van der Waals surface area contributed by atoms with Gasteiger partial charge < -0.3 is 11.5 Å². The van der Waals surface area contributed by atoms with Crippen molar-refractivity contribution in [1.82, 2.24) is 0 Å². The van der Waals surface area contributed by atoms with Crippen LogP contribution in [0.25, 0.3) is 5.57 Å². The topological polar surface area (TPSA) is 106 Å². The summed E-state index contributed by atoms with van der Waals surface area (Å²) in [6.45, 7) is 0. The van der Waals surface area contributed by atoms with Crippen LogP contribution in [-0.4, -0.2) is 23.9 Å². The molecule has 1 aromatic carbocycles. The molecule has 5 N–H and O–H groups in total. The van der Waals surface area contributed by atoms with E-state index < -0.39 is 21.0 Å². The SMILES string of the molecule is NC1(N)C=CC(c2ccccc2)=CC1S(=O)(=O)O. The first kappa shape index (κ1) is 13.0. The Morgan fingerprint density at radius 3 is 2.33 bits per heavy atom. The van der Waals surface area contributed by atoms with Gasteiger partial charge in [-0.3, -0.25) is 4.55 Å². The molecule has 18 heavy (non-hydrogen) atoms. The largest absolute Gasteiger partial charge is 0.309 e. The fraction of sp³-hybridized carbons (Fsp3) is 0.167. The number of hydrogen-bond donors (Lipinski definition) is 3. The van der Waals surface area contributed by atoms with Gasteiger partial charge in [-0.1, -0.05) is 42.5 Å². The van der Waals surface area contributed by atoms with Crippen LogP contribution in [0.1, 0.15) is 5.56 Å². The van der Waals surface area contributed by atoms with Crippen LogP contribution in [0.3, 0.4) is 0 Å². The minimum absolute atomic E-state index is 0.657. The third-order valence-corrected chi connectivity index (χ3v) is 3.99. The summed E-state index contributed by atoms with van der Waals surface area (Å²) in [6, 6.07) is 9.18. The molecule has 1 unspecified atom stereocenters. The first-order valence-electron chi connectivity index (χ1n) is 5.31. The molecule has 1 aliphatic rings. The highest BCUT2D eigenvalue weighted by Crippen LogP contribution is 2.26. The summed E-state index contributed by atoms with van der Waals surface area (Å²) < 4.78 is 31.8. The van der Waals surface area contributed by atoms with Gasteiger partial charge in [-0.25, -0.2) is 0 Å². The average molecular weight is 266 g/mol. The normalized spacial score (nSPS) is 22.6.